The third-order valence-corrected chi connectivity index (χ3v) is 3.74. The molecule has 0 bridgehead atoms. The first-order valence-corrected chi connectivity index (χ1v) is 7.17. The van der Waals surface area contributed by atoms with Gasteiger partial charge >= 0.3 is 0 Å². The van der Waals surface area contributed by atoms with Crippen LogP contribution in [0.1, 0.15) is 45.4 Å². The molecule has 0 amide bonds. The second-order valence-corrected chi connectivity index (χ2v) is 5.72. The number of nitrogens with one attached hydrogen (secondary N) is 1. The molecule has 1 heterocycles. The van der Waals surface area contributed by atoms with Crippen molar-refractivity contribution in [1.82, 2.24) is 10.2 Å². The highest BCUT2D eigenvalue weighted by Gasteiger charge is 2.25. The van der Waals surface area contributed by atoms with Crippen molar-refractivity contribution in [2.45, 2.75) is 45.7 Å². The van der Waals surface area contributed by atoms with Crippen LogP contribution in [0, 0.1) is 5.92 Å². The minimum absolute atomic E-state index is 0.301. The standard InChI is InChI=1S/C15H26N2O/c1-12(2)17(11-14-6-7-14)9-8-16-13(3)15-5-4-10-18-15/h4-5,10,12-14,16H,6-9,11H2,1-3H3. The first kappa shape index (κ1) is 13.6. The first-order chi connectivity index (χ1) is 8.66. The van der Waals surface area contributed by atoms with E-state index in [9.17, 15) is 0 Å². The van der Waals surface area contributed by atoms with Gasteiger partial charge in [0, 0.05) is 25.7 Å². The van der Waals surface area contributed by atoms with Gasteiger partial charge in [-0.1, -0.05) is 0 Å². The predicted molar refractivity (Wildman–Crippen MR) is 74.6 cm³/mol. The highest BCUT2D eigenvalue weighted by molar-refractivity contribution is 5.02. The van der Waals surface area contributed by atoms with E-state index < -0.39 is 0 Å². The van der Waals surface area contributed by atoms with Crippen molar-refractivity contribution in [2.75, 3.05) is 19.6 Å². The van der Waals surface area contributed by atoms with Gasteiger partial charge in [-0.2, -0.15) is 0 Å². The topological polar surface area (TPSA) is 28.4 Å². The van der Waals surface area contributed by atoms with Gasteiger partial charge in [0.2, 0.25) is 0 Å². The molecule has 0 spiro atoms. The summed E-state index contributed by atoms with van der Waals surface area (Å²) in [6.07, 6.45) is 4.60. The van der Waals surface area contributed by atoms with Crippen LogP contribution in [-0.2, 0) is 0 Å². The summed E-state index contributed by atoms with van der Waals surface area (Å²) in [5.74, 6) is 1.99. The fraction of sp³-hybridized carbons (Fsp3) is 0.733. The minimum atomic E-state index is 0.301. The van der Waals surface area contributed by atoms with Crippen molar-refractivity contribution in [2.24, 2.45) is 5.92 Å². The second-order valence-electron chi connectivity index (χ2n) is 5.72. The Morgan fingerprint density at radius 1 is 1.39 bits per heavy atom. The van der Waals surface area contributed by atoms with E-state index in [0.29, 0.717) is 12.1 Å². The van der Waals surface area contributed by atoms with E-state index in [1.165, 1.54) is 19.4 Å². The number of hydrogen-bond donors (Lipinski definition) is 1. The Labute approximate surface area is 111 Å². The molecule has 1 N–H and O–H groups in total. The van der Waals surface area contributed by atoms with E-state index >= 15 is 0 Å². The fourth-order valence-corrected chi connectivity index (χ4v) is 2.26. The van der Waals surface area contributed by atoms with Gasteiger partial charge in [-0.15, -0.1) is 0 Å². The zero-order valence-electron chi connectivity index (χ0n) is 11.9. The van der Waals surface area contributed by atoms with Crippen LogP contribution < -0.4 is 5.32 Å². The highest BCUT2D eigenvalue weighted by Crippen LogP contribution is 2.30. The van der Waals surface area contributed by atoms with Gasteiger partial charge in [0.15, 0.2) is 0 Å². The average molecular weight is 250 g/mol. The van der Waals surface area contributed by atoms with Gasteiger partial charge in [-0.05, 0) is 51.7 Å². The predicted octanol–water partition coefficient (Wildman–Crippen LogP) is 3.05. The fourth-order valence-electron chi connectivity index (χ4n) is 2.26. The van der Waals surface area contributed by atoms with Crippen molar-refractivity contribution in [3.05, 3.63) is 24.2 Å². The molecule has 0 aliphatic heterocycles. The maximum absolute atomic E-state index is 5.40. The molecular weight excluding hydrogens is 224 g/mol. The summed E-state index contributed by atoms with van der Waals surface area (Å²) in [4.78, 5) is 2.58. The Morgan fingerprint density at radius 3 is 2.72 bits per heavy atom. The Bertz CT molecular complexity index is 330. The van der Waals surface area contributed by atoms with Gasteiger partial charge in [-0.25, -0.2) is 0 Å². The van der Waals surface area contributed by atoms with Crippen LogP contribution in [-0.4, -0.2) is 30.6 Å². The molecule has 1 aromatic rings. The number of furan rings is 1. The number of nitrogens with zero attached hydrogens (tertiary/aromatic N) is 1. The molecule has 1 aliphatic carbocycles. The van der Waals surface area contributed by atoms with Crippen molar-refractivity contribution in [3.63, 3.8) is 0 Å². The molecule has 3 heteroatoms. The van der Waals surface area contributed by atoms with E-state index in [-0.39, 0.29) is 0 Å². The van der Waals surface area contributed by atoms with E-state index in [1.54, 1.807) is 6.26 Å². The molecule has 2 rings (SSSR count). The molecule has 1 aliphatic rings. The quantitative estimate of drug-likeness (QED) is 0.768. The third-order valence-electron chi connectivity index (χ3n) is 3.74. The van der Waals surface area contributed by atoms with E-state index in [4.69, 9.17) is 4.42 Å². The second kappa shape index (κ2) is 6.39. The van der Waals surface area contributed by atoms with E-state index in [2.05, 4.69) is 31.0 Å². The smallest absolute Gasteiger partial charge is 0.120 e. The summed E-state index contributed by atoms with van der Waals surface area (Å²) in [5, 5.41) is 3.53. The molecule has 1 fully saturated rings. The zero-order valence-corrected chi connectivity index (χ0v) is 11.9. The van der Waals surface area contributed by atoms with Crippen molar-refractivity contribution < 1.29 is 4.42 Å². The molecular formula is C15H26N2O. The molecule has 3 nitrogen and oxygen atoms in total. The summed E-state index contributed by atoms with van der Waals surface area (Å²) in [6, 6.07) is 4.92. The zero-order chi connectivity index (χ0) is 13.0. The molecule has 102 valence electrons. The summed E-state index contributed by atoms with van der Waals surface area (Å²) in [6.45, 7) is 10.1. The Balaban J connectivity index is 1.69. The van der Waals surface area contributed by atoms with Crippen LogP contribution in [0.3, 0.4) is 0 Å². The van der Waals surface area contributed by atoms with Crippen LogP contribution in [0.5, 0.6) is 0 Å². The molecule has 18 heavy (non-hydrogen) atoms. The lowest BCUT2D eigenvalue weighted by molar-refractivity contribution is 0.210. The summed E-state index contributed by atoms with van der Waals surface area (Å²) < 4.78 is 5.40. The SMILES string of the molecule is CC(NCCN(CC1CC1)C(C)C)c1ccco1. The largest absolute Gasteiger partial charge is 0.468 e. The average Bonchev–Trinajstić information content (AvgIpc) is 2.98. The van der Waals surface area contributed by atoms with E-state index in [1.807, 2.05) is 12.1 Å². The Morgan fingerprint density at radius 2 is 2.17 bits per heavy atom. The van der Waals surface area contributed by atoms with Crippen molar-refractivity contribution >= 4 is 0 Å². The van der Waals surface area contributed by atoms with E-state index in [0.717, 1.165) is 24.8 Å². The Kier molecular flexibility index (Phi) is 4.84. The monoisotopic (exact) mass is 250 g/mol. The molecule has 0 saturated heterocycles. The summed E-state index contributed by atoms with van der Waals surface area (Å²) >= 11 is 0. The van der Waals surface area contributed by atoms with Crippen LogP contribution in [0.2, 0.25) is 0 Å². The van der Waals surface area contributed by atoms with Gasteiger partial charge < -0.3 is 9.73 Å². The highest BCUT2D eigenvalue weighted by atomic mass is 16.3. The Hall–Kier alpha value is -0.800. The lowest BCUT2D eigenvalue weighted by Gasteiger charge is -2.27. The van der Waals surface area contributed by atoms with Crippen LogP contribution in [0.4, 0.5) is 0 Å². The van der Waals surface area contributed by atoms with Crippen molar-refractivity contribution in [3.8, 4) is 0 Å². The molecule has 0 aromatic carbocycles. The molecule has 1 unspecified atom stereocenters. The van der Waals surface area contributed by atoms with Gasteiger partial charge in [0.05, 0.1) is 12.3 Å². The number of rotatable bonds is 8. The maximum atomic E-state index is 5.40. The van der Waals surface area contributed by atoms with Gasteiger partial charge in [-0.3, -0.25) is 4.90 Å². The normalized spacial score (nSPS) is 17.6. The first-order valence-electron chi connectivity index (χ1n) is 7.17. The maximum Gasteiger partial charge on any atom is 0.120 e. The molecule has 0 radical (unpaired) electrons. The molecule has 1 saturated carbocycles. The lowest BCUT2D eigenvalue weighted by atomic mass is 10.2. The third kappa shape index (κ3) is 4.14. The lowest BCUT2D eigenvalue weighted by Crippen LogP contribution is -2.38. The van der Waals surface area contributed by atoms with Crippen LogP contribution >= 0.6 is 0 Å². The van der Waals surface area contributed by atoms with Crippen LogP contribution in [0.25, 0.3) is 0 Å². The van der Waals surface area contributed by atoms with Crippen LogP contribution in [0.15, 0.2) is 22.8 Å². The summed E-state index contributed by atoms with van der Waals surface area (Å²) in [7, 11) is 0. The van der Waals surface area contributed by atoms with Gasteiger partial charge in [0.1, 0.15) is 5.76 Å². The van der Waals surface area contributed by atoms with Crippen molar-refractivity contribution in [1.29, 1.82) is 0 Å². The minimum Gasteiger partial charge on any atom is -0.468 e. The van der Waals surface area contributed by atoms with Gasteiger partial charge in [0.25, 0.3) is 0 Å². The molecule has 1 atom stereocenters. The number of hydrogen-bond acceptors (Lipinski definition) is 3. The molecule has 1 aromatic heterocycles. The summed E-state index contributed by atoms with van der Waals surface area (Å²) in [5.41, 5.74) is 0.